The van der Waals surface area contributed by atoms with Gasteiger partial charge in [-0.3, -0.25) is 19.8 Å². The molecule has 0 radical (unpaired) electrons. The van der Waals surface area contributed by atoms with E-state index in [4.69, 9.17) is 14.5 Å². The monoisotopic (exact) mass is 458 g/mol. The van der Waals surface area contributed by atoms with Crippen molar-refractivity contribution < 1.29 is 19.1 Å². The minimum Gasteiger partial charge on any atom is -0.378 e. The van der Waals surface area contributed by atoms with Gasteiger partial charge in [0.1, 0.15) is 10.6 Å². The summed E-state index contributed by atoms with van der Waals surface area (Å²) in [6, 6.07) is 0. The Hall–Kier alpha value is -2.07. The lowest BCUT2D eigenvalue weighted by Gasteiger charge is -2.38. The number of ether oxygens (including phenoxy) is 2. The van der Waals surface area contributed by atoms with E-state index < -0.39 is 5.66 Å². The minimum absolute atomic E-state index is 0.0296. The number of aromatic nitrogens is 1. The molecule has 5 heterocycles. The van der Waals surface area contributed by atoms with E-state index in [0.717, 1.165) is 46.5 Å². The Kier molecular flexibility index (Phi) is 5.28. The van der Waals surface area contributed by atoms with Crippen molar-refractivity contribution in [1.82, 2.24) is 10.3 Å². The zero-order chi connectivity index (χ0) is 22.7. The van der Waals surface area contributed by atoms with Crippen LogP contribution < -0.4 is 15.1 Å². The summed E-state index contributed by atoms with van der Waals surface area (Å²) >= 11 is 1.38. The number of nitrogens with one attached hydrogen (secondary N) is 1. The number of hydrogen-bond acceptors (Lipinski definition) is 8. The molecule has 32 heavy (non-hydrogen) atoms. The molecule has 9 heteroatoms. The van der Waals surface area contributed by atoms with E-state index in [1.165, 1.54) is 11.3 Å². The first kappa shape index (κ1) is 21.8. The van der Waals surface area contributed by atoms with Crippen molar-refractivity contribution >= 4 is 45.3 Å². The molecule has 0 saturated carbocycles. The summed E-state index contributed by atoms with van der Waals surface area (Å²) in [6.45, 7) is 9.53. The number of carbonyl (C=O) groups excluding carboxylic acids is 2. The third-order valence-corrected chi connectivity index (χ3v) is 7.99. The zero-order valence-corrected chi connectivity index (χ0v) is 19.9. The molecular weight excluding hydrogens is 428 g/mol. The SMILES string of the molecule is CNC1(C)CCC(=O)N1c1c(C=O)sc2nc(N3CCOCC3)c3c(c12)CC(C)(C)OC3. The number of carbonyl (C=O) groups is 2. The first-order valence-electron chi connectivity index (χ1n) is 11.2. The Bertz CT molecular complexity index is 1090. The molecule has 2 fully saturated rings. The van der Waals surface area contributed by atoms with E-state index in [1.807, 2.05) is 14.0 Å². The molecule has 2 aromatic rings. The number of nitrogens with zero attached hydrogens (tertiary/aromatic N) is 3. The fraction of sp³-hybridized carbons (Fsp3) is 0.609. The smallest absolute Gasteiger partial charge is 0.228 e. The first-order valence-corrected chi connectivity index (χ1v) is 12.0. The van der Waals surface area contributed by atoms with Crippen LogP contribution in [0.15, 0.2) is 0 Å². The van der Waals surface area contributed by atoms with Gasteiger partial charge in [0.05, 0.1) is 41.6 Å². The molecule has 1 N–H and O–H groups in total. The molecule has 0 spiro atoms. The first-order chi connectivity index (χ1) is 15.3. The maximum absolute atomic E-state index is 13.1. The van der Waals surface area contributed by atoms with E-state index in [9.17, 15) is 9.59 Å². The number of anilines is 2. The van der Waals surface area contributed by atoms with Crippen molar-refractivity contribution in [3.05, 3.63) is 16.0 Å². The fourth-order valence-electron chi connectivity index (χ4n) is 5.12. The van der Waals surface area contributed by atoms with E-state index in [-0.39, 0.29) is 11.5 Å². The summed E-state index contributed by atoms with van der Waals surface area (Å²) in [5.74, 6) is 0.947. The number of aldehydes is 1. The molecule has 2 saturated heterocycles. The molecule has 1 atom stereocenters. The summed E-state index contributed by atoms with van der Waals surface area (Å²) in [4.78, 5) is 35.7. The number of hydrogen-bond donors (Lipinski definition) is 1. The standard InChI is InChI=1S/C23H30N4O4S/c1-22(2)11-14-15(13-31-22)20(26-7-9-30-10-8-26)25-21-18(14)19(16(12-28)32-21)27-17(29)5-6-23(27,3)24-4/h12,24H,5-11,13H2,1-4H3. The third kappa shape index (κ3) is 3.34. The second-order valence-electron chi connectivity index (χ2n) is 9.58. The Labute approximate surface area is 191 Å². The maximum atomic E-state index is 13.1. The zero-order valence-electron chi connectivity index (χ0n) is 19.1. The highest BCUT2D eigenvalue weighted by Gasteiger charge is 2.45. The quantitative estimate of drug-likeness (QED) is 0.706. The molecular formula is C23H30N4O4S. The van der Waals surface area contributed by atoms with Gasteiger partial charge in [0.25, 0.3) is 0 Å². The van der Waals surface area contributed by atoms with Crippen molar-refractivity contribution in [3.63, 3.8) is 0 Å². The molecule has 3 aliphatic rings. The van der Waals surface area contributed by atoms with Gasteiger partial charge in [-0.25, -0.2) is 4.98 Å². The van der Waals surface area contributed by atoms with Gasteiger partial charge in [-0.1, -0.05) is 0 Å². The van der Waals surface area contributed by atoms with Gasteiger partial charge < -0.3 is 14.4 Å². The van der Waals surface area contributed by atoms with E-state index in [1.54, 1.807) is 4.90 Å². The van der Waals surface area contributed by atoms with Gasteiger partial charge in [0.15, 0.2) is 6.29 Å². The molecule has 8 nitrogen and oxygen atoms in total. The molecule has 3 aliphatic heterocycles. The van der Waals surface area contributed by atoms with E-state index >= 15 is 0 Å². The van der Waals surface area contributed by atoms with Crippen molar-refractivity contribution in [2.24, 2.45) is 0 Å². The van der Waals surface area contributed by atoms with Crippen LogP contribution in [0.1, 0.15) is 54.4 Å². The average Bonchev–Trinajstić information content (AvgIpc) is 3.29. The maximum Gasteiger partial charge on any atom is 0.228 e. The van der Waals surface area contributed by atoms with Crippen LogP contribution in [0.25, 0.3) is 10.2 Å². The highest BCUT2D eigenvalue weighted by Crippen LogP contribution is 2.48. The summed E-state index contributed by atoms with van der Waals surface area (Å²) in [7, 11) is 1.86. The van der Waals surface area contributed by atoms with Crippen molar-refractivity contribution in [2.45, 2.75) is 57.9 Å². The van der Waals surface area contributed by atoms with Crippen LogP contribution in [0, 0.1) is 0 Å². The lowest BCUT2D eigenvalue weighted by molar-refractivity contribution is -0.117. The molecule has 1 unspecified atom stereocenters. The predicted molar refractivity (Wildman–Crippen MR) is 125 cm³/mol. The molecule has 172 valence electrons. The largest absolute Gasteiger partial charge is 0.378 e. The average molecular weight is 459 g/mol. The molecule has 0 aliphatic carbocycles. The predicted octanol–water partition coefficient (Wildman–Crippen LogP) is 2.86. The Morgan fingerprint density at radius 2 is 1.94 bits per heavy atom. The third-order valence-electron chi connectivity index (χ3n) is 6.99. The van der Waals surface area contributed by atoms with Gasteiger partial charge in [0, 0.05) is 36.9 Å². The van der Waals surface area contributed by atoms with Crippen LogP contribution in [-0.2, 0) is 27.3 Å². The highest BCUT2D eigenvalue weighted by molar-refractivity contribution is 7.21. The molecule has 0 bridgehead atoms. The van der Waals surface area contributed by atoms with Crippen LogP contribution in [0.5, 0.6) is 0 Å². The van der Waals surface area contributed by atoms with Gasteiger partial charge in [0.2, 0.25) is 5.91 Å². The minimum atomic E-state index is -0.542. The molecule has 0 aromatic carbocycles. The van der Waals surface area contributed by atoms with E-state index in [2.05, 4.69) is 24.1 Å². The fourth-order valence-corrected chi connectivity index (χ4v) is 6.12. The van der Waals surface area contributed by atoms with Crippen molar-refractivity contribution in [1.29, 1.82) is 0 Å². The number of pyridine rings is 1. The van der Waals surface area contributed by atoms with Gasteiger partial charge >= 0.3 is 0 Å². The number of amides is 1. The normalized spacial score (nSPS) is 25.4. The molecule has 2 aromatic heterocycles. The summed E-state index contributed by atoms with van der Waals surface area (Å²) < 4.78 is 11.7. The summed E-state index contributed by atoms with van der Waals surface area (Å²) in [5, 5.41) is 4.24. The van der Waals surface area contributed by atoms with Gasteiger partial charge in [-0.15, -0.1) is 11.3 Å². The van der Waals surface area contributed by atoms with Crippen LogP contribution in [0.4, 0.5) is 11.5 Å². The van der Waals surface area contributed by atoms with Crippen molar-refractivity contribution in [2.75, 3.05) is 43.2 Å². The Balaban J connectivity index is 1.79. The van der Waals surface area contributed by atoms with Crippen LogP contribution >= 0.6 is 11.3 Å². The lowest BCUT2D eigenvalue weighted by atomic mass is 9.89. The second kappa shape index (κ2) is 7.76. The van der Waals surface area contributed by atoms with Gasteiger partial charge in [-0.05, 0) is 39.8 Å². The Morgan fingerprint density at radius 3 is 2.62 bits per heavy atom. The van der Waals surface area contributed by atoms with Crippen LogP contribution in [-0.4, -0.2) is 61.8 Å². The van der Waals surface area contributed by atoms with Gasteiger partial charge in [-0.2, -0.15) is 0 Å². The van der Waals surface area contributed by atoms with Crippen molar-refractivity contribution in [3.8, 4) is 0 Å². The summed E-state index contributed by atoms with van der Waals surface area (Å²) in [5.41, 5.74) is 2.03. The van der Waals surface area contributed by atoms with Crippen LogP contribution in [0.2, 0.25) is 0 Å². The number of fused-ring (bicyclic) bond motifs is 3. The number of morpholine rings is 1. The molecule has 1 amide bonds. The topological polar surface area (TPSA) is 84.0 Å². The lowest BCUT2D eigenvalue weighted by Crippen LogP contribution is -2.53. The summed E-state index contributed by atoms with van der Waals surface area (Å²) in [6.07, 6.45) is 2.70. The second-order valence-corrected chi connectivity index (χ2v) is 10.6. The number of rotatable bonds is 4. The van der Waals surface area contributed by atoms with E-state index in [0.29, 0.717) is 49.6 Å². The van der Waals surface area contributed by atoms with Crippen LogP contribution in [0.3, 0.4) is 0 Å². The number of thiophene rings is 1. The molecule has 5 rings (SSSR count). The Morgan fingerprint density at radius 1 is 1.19 bits per heavy atom. The highest BCUT2D eigenvalue weighted by atomic mass is 32.1.